The summed E-state index contributed by atoms with van der Waals surface area (Å²) in [5, 5.41) is 5.40. The van der Waals surface area contributed by atoms with Gasteiger partial charge in [0, 0.05) is 16.7 Å². The Bertz CT molecular complexity index is 2390. The Kier molecular flexibility index (Phi) is 7.14. The molecule has 0 unspecified atom stereocenters. The minimum atomic E-state index is -2.80. The number of rotatable bonds is 6. The summed E-state index contributed by atoms with van der Waals surface area (Å²) in [6.07, 6.45) is 0. The Hall–Kier alpha value is -6.23. The molecule has 49 heavy (non-hydrogen) atoms. The molecule has 1 aromatic heterocycles. The molecule has 0 spiro atoms. The molecular weight excluding hydrogens is 611 g/mol. The second-order valence-corrected chi connectivity index (χ2v) is 16.1. The van der Waals surface area contributed by atoms with E-state index in [1.807, 2.05) is 24.3 Å². The quantitative estimate of drug-likeness (QED) is 0.173. The Labute approximate surface area is 287 Å². The summed E-state index contributed by atoms with van der Waals surface area (Å²) in [5.74, 6) is 1.99. The van der Waals surface area contributed by atoms with E-state index in [1.165, 1.54) is 31.9 Å². The van der Waals surface area contributed by atoms with Crippen molar-refractivity contribution in [2.24, 2.45) is 0 Å². The smallest absolute Gasteiger partial charge is 0.181 e. The van der Waals surface area contributed by atoms with Gasteiger partial charge in [-0.25, -0.2) is 15.0 Å². The molecule has 1 aliphatic rings. The highest BCUT2D eigenvalue weighted by atomic mass is 28.3. The van der Waals surface area contributed by atoms with E-state index in [-0.39, 0.29) is 0 Å². The van der Waals surface area contributed by atoms with Crippen LogP contribution < -0.4 is 20.7 Å². The SMILES string of the molecule is c1ccc(-c2cccc(-c3nc(-c4ccccc4)nc(-c4cccc5c4[Si](c4ccccc4)(c4ccccc4)c4ccccc4-5)n3)c2)cc1. The van der Waals surface area contributed by atoms with Gasteiger partial charge in [-0.1, -0.05) is 182 Å². The standard InChI is InChI=1S/C45H31N3Si/c1-5-17-32(18-6-1)34-21-15-22-35(31-34)44-46-43(33-19-7-2-8-20-33)47-45(48-44)40-29-16-28-39-38-27-13-14-30-41(38)49(42(39)40,36-23-9-3-10-24-36)37-25-11-4-12-26-37/h1-31H. The zero-order chi connectivity index (χ0) is 32.6. The third-order valence-electron chi connectivity index (χ3n) is 9.61. The Morgan fingerprint density at radius 3 is 1.43 bits per heavy atom. The van der Waals surface area contributed by atoms with Gasteiger partial charge >= 0.3 is 0 Å². The number of aromatic nitrogens is 3. The molecule has 0 amide bonds. The fourth-order valence-corrected chi connectivity index (χ4v) is 12.9. The van der Waals surface area contributed by atoms with Crippen molar-refractivity contribution in [3.8, 4) is 56.4 Å². The van der Waals surface area contributed by atoms with Crippen LogP contribution in [0.5, 0.6) is 0 Å². The molecule has 1 aliphatic heterocycles. The minimum Gasteiger partial charge on any atom is -0.208 e. The molecule has 8 aromatic rings. The van der Waals surface area contributed by atoms with E-state index >= 15 is 0 Å². The third-order valence-corrected chi connectivity index (χ3v) is 14.5. The van der Waals surface area contributed by atoms with Crippen LogP contribution >= 0.6 is 0 Å². The molecule has 0 N–H and O–H groups in total. The summed E-state index contributed by atoms with van der Waals surface area (Å²) in [6, 6.07) is 67.0. The van der Waals surface area contributed by atoms with E-state index in [0.29, 0.717) is 17.5 Å². The van der Waals surface area contributed by atoms with E-state index in [1.54, 1.807) is 0 Å². The van der Waals surface area contributed by atoms with Crippen LogP contribution in [0.25, 0.3) is 56.4 Å². The molecule has 0 atom stereocenters. The molecule has 0 fully saturated rings. The number of hydrogen-bond donors (Lipinski definition) is 0. The van der Waals surface area contributed by atoms with Gasteiger partial charge in [0.15, 0.2) is 25.5 Å². The molecule has 9 rings (SSSR count). The molecule has 2 heterocycles. The van der Waals surface area contributed by atoms with Crippen LogP contribution in [-0.2, 0) is 0 Å². The van der Waals surface area contributed by atoms with Gasteiger partial charge in [0.25, 0.3) is 0 Å². The van der Waals surface area contributed by atoms with Crippen LogP contribution in [0.15, 0.2) is 188 Å². The molecule has 7 aromatic carbocycles. The normalized spacial score (nSPS) is 12.7. The van der Waals surface area contributed by atoms with Crippen molar-refractivity contribution in [2.75, 3.05) is 0 Å². The number of hydrogen-bond acceptors (Lipinski definition) is 3. The fourth-order valence-electron chi connectivity index (χ4n) is 7.50. The molecule has 0 saturated heterocycles. The summed E-state index contributed by atoms with van der Waals surface area (Å²) >= 11 is 0. The Balaban J connectivity index is 1.34. The second-order valence-electron chi connectivity index (χ2n) is 12.4. The zero-order valence-electron chi connectivity index (χ0n) is 26.7. The van der Waals surface area contributed by atoms with Crippen molar-refractivity contribution in [3.05, 3.63) is 188 Å². The number of nitrogens with zero attached hydrogens (tertiary/aromatic N) is 3. The number of fused-ring (bicyclic) bond motifs is 3. The summed E-state index contributed by atoms with van der Waals surface area (Å²) in [6.45, 7) is 0. The largest absolute Gasteiger partial charge is 0.208 e. The topological polar surface area (TPSA) is 38.7 Å². The Morgan fingerprint density at radius 1 is 0.306 bits per heavy atom. The predicted octanol–water partition coefficient (Wildman–Crippen LogP) is 7.90. The van der Waals surface area contributed by atoms with Crippen molar-refractivity contribution in [3.63, 3.8) is 0 Å². The number of benzene rings is 7. The van der Waals surface area contributed by atoms with Crippen molar-refractivity contribution in [1.82, 2.24) is 15.0 Å². The average molecular weight is 642 g/mol. The zero-order valence-corrected chi connectivity index (χ0v) is 27.7. The molecule has 0 saturated carbocycles. The van der Waals surface area contributed by atoms with E-state index < -0.39 is 8.07 Å². The van der Waals surface area contributed by atoms with Gasteiger partial charge in [-0.15, -0.1) is 0 Å². The van der Waals surface area contributed by atoms with E-state index in [4.69, 9.17) is 15.0 Å². The maximum Gasteiger partial charge on any atom is 0.181 e. The average Bonchev–Trinajstić information content (AvgIpc) is 3.50. The van der Waals surface area contributed by atoms with Crippen LogP contribution in [-0.4, -0.2) is 23.0 Å². The molecule has 0 aliphatic carbocycles. The molecule has 230 valence electrons. The predicted molar refractivity (Wildman–Crippen MR) is 204 cm³/mol. The van der Waals surface area contributed by atoms with Crippen molar-refractivity contribution in [1.29, 1.82) is 0 Å². The Morgan fingerprint density at radius 2 is 0.755 bits per heavy atom. The summed E-state index contributed by atoms with van der Waals surface area (Å²) in [7, 11) is -2.80. The van der Waals surface area contributed by atoms with Gasteiger partial charge < -0.3 is 0 Å². The first-order valence-electron chi connectivity index (χ1n) is 16.6. The van der Waals surface area contributed by atoms with Gasteiger partial charge in [0.2, 0.25) is 0 Å². The van der Waals surface area contributed by atoms with Crippen LogP contribution in [0, 0.1) is 0 Å². The lowest BCUT2D eigenvalue weighted by Gasteiger charge is -2.32. The molecule has 4 heteroatoms. The first-order chi connectivity index (χ1) is 24.3. The van der Waals surface area contributed by atoms with Crippen LogP contribution in [0.1, 0.15) is 0 Å². The maximum absolute atomic E-state index is 5.33. The van der Waals surface area contributed by atoms with E-state index in [9.17, 15) is 0 Å². The van der Waals surface area contributed by atoms with Crippen molar-refractivity contribution in [2.45, 2.75) is 0 Å². The molecular formula is C45H31N3Si. The summed E-state index contributed by atoms with van der Waals surface area (Å²) in [4.78, 5) is 15.7. The van der Waals surface area contributed by atoms with Crippen LogP contribution in [0.2, 0.25) is 0 Å². The third kappa shape index (κ3) is 4.84. The van der Waals surface area contributed by atoms with Gasteiger partial charge in [0.1, 0.15) is 0 Å². The molecule has 0 radical (unpaired) electrons. The highest BCUT2D eigenvalue weighted by Gasteiger charge is 2.50. The molecule has 3 nitrogen and oxygen atoms in total. The lowest BCUT2D eigenvalue weighted by atomic mass is 10.0. The van der Waals surface area contributed by atoms with Gasteiger partial charge in [-0.05, 0) is 49.1 Å². The summed E-state index contributed by atoms with van der Waals surface area (Å²) in [5.41, 5.74) is 7.77. The molecule has 0 bridgehead atoms. The van der Waals surface area contributed by atoms with Crippen molar-refractivity contribution >= 4 is 28.8 Å². The van der Waals surface area contributed by atoms with Gasteiger partial charge in [-0.3, -0.25) is 0 Å². The van der Waals surface area contributed by atoms with E-state index in [0.717, 1.165) is 27.8 Å². The highest BCUT2D eigenvalue weighted by molar-refractivity contribution is 7.22. The van der Waals surface area contributed by atoms with Crippen LogP contribution in [0.4, 0.5) is 0 Å². The first kappa shape index (κ1) is 28.9. The lowest BCUT2D eigenvalue weighted by Crippen LogP contribution is -2.73. The fraction of sp³-hybridized carbons (Fsp3) is 0. The van der Waals surface area contributed by atoms with Crippen molar-refractivity contribution < 1.29 is 0 Å². The lowest BCUT2D eigenvalue weighted by molar-refractivity contribution is 1.08. The minimum absolute atomic E-state index is 0.654. The monoisotopic (exact) mass is 641 g/mol. The highest BCUT2D eigenvalue weighted by Crippen LogP contribution is 2.34. The summed E-state index contributed by atoms with van der Waals surface area (Å²) < 4.78 is 0. The van der Waals surface area contributed by atoms with Gasteiger partial charge in [-0.2, -0.15) is 0 Å². The second kappa shape index (κ2) is 12.1. The van der Waals surface area contributed by atoms with E-state index in [2.05, 4.69) is 164 Å². The van der Waals surface area contributed by atoms with Crippen LogP contribution in [0.3, 0.4) is 0 Å². The first-order valence-corrected chi connectivity index (χ1v) is 18.6. The van der Waals surface area contributed by atoms with Gasteiger partial charge in [0.05, 0.1) is 0 Å². The maximum atomic E-state index is 5.33.